The molecule has 0 spiro atoms. The molecule has 7 N–H and O–H groups in total. The zero-order chi connectivity index (χ0) is 14.7. The van der Waals surface area contributed by atoms with Crippen LogP contribution in [-0.4, -0.2) is 35.8 Å². The van der Waals surface area contributed by atoms with Crippen LogP contribution in [0.15, 0.2) is 0 Å². The number of hydrogen-bond acceptors (Lipinski definition) is 4. The molecule has 11 heteroatoms. The smallest absolute Gasteiger partial charge is 0.312 e. The van der Waals surface area contributed by atoms with Crippen LogP contribution >= 0.6 is 69.6 Å². The molecule has 3 atom stereocenters. The quantitative estimate of drug-likeness (QED) is 0.310. The second-order valence-electron chi connectivity index (χ2n) is 4.08. The highest BCUT2D eigenvalue weighted by Gasteiger charge is 2.76. The number of carbonyl (C=O) groups is 1. The Morgan fingerprint density at radius 1 is 1.06 bits per heavy atom. The van der Waals surface area contributed by atoms with Gasteiger partial charge in [0.1, 0.15) is 17.0 Å². The number of nitrogens with two attached hydrogens (primary N) is 3. The van der Waals surface area contributed by atoms with Gasteiger partial charge in [-0.1, -0.05) is 58.0 Å². The van der Waals surface area contributed by atoms with Crippen LogP contribution in [0.2, 0.25) is 0 Å². The first-order valence-electron chi connectivity index (χ1n) is 4.40. The minimum Gasteiger partial charge on any atom is -0.481 e. The number of halogens is 6. The molecule has 1 saturated carbocycles. The molecule has 5 nitrogen and oxygen atoms in total. The lowest BCUT2D eigenvalue weighted by Gasteiger charge is -2.58. The molecule has 0 radical (unpaired) electrons. The van der Waals surface area contributed by atoms with Crippen molar-refractivity contribution in [3.05, 3.63) is 0 Å². The predicted molar refractivity (Wildman–Crippen MR) is 73.5 cm³/mol. The Bertz CT molecular complexity index is 385. The molecule has 0 heterocycles. The standard InChI is InChI=1S/C7H9Cl6N3O2/c8-3-4(9,10)1(2(17)18)5(11,12)7(13,16)6(3,14)15/h1,3H,14-16H2,(H,17,18). The second-order valence-corrected chi connectivity index (χ2v) is 7.94. The lowest BCUT2D eigenvalue weighted by molar-refractivity contribution is -0.144. The molecule has 0 aliphatic heterocycles. The molecule has 0 bridgehead atoms. The summed E-state index contributed by atoms with van der Waals surface area (Å²) in [5.74, 6) is -3.34. The van der Waals surface area contributed by atoms with E-state index >= 15 is 0 Å². The third kappa shape index (κ3) is 2.00. The molecule has 1 fully saturated rings. The zero-order valence-electron chi connectivity index (χ0n) is 8.51. The maximum Gasteiger partial charge on any atom is 0.312 e. The first kappa shape index (κ1) is 17.1. The molecule has 1 aliphatic carbocycles. The van der Waals surface area contributed by atoms with Gasteiger partial charge in [0.2, 0.25) is 0 Å². The molecule has 106 valence electrons. The van der Waals surface area contributed by atoms with E-state index in [0.29, 0.717) is 0 Å². The molecule has 1 rings (SSSR count). The highest BCUT2D eigenvalue weighted by molar-refractivity contribution is 6.60. The monoisotopic (exact) mass is 377 g/mol. The zero-order valence-corrected chi connectivity index (χ0v) is 13.0. The van der Waals surface area contributed by atoms with E-state index in [2.05, 4.69) is 0 Å². The van der Waals surface area contributed by atoms with E-state index in [0.717, 1.165) is 0 Å². The third-order valence-electron chi connectivity index (χ3n) is 2.87. The Balaban J connectivity index is 3.55. The molecule has 18 heavy (non-hydrogen) atoms. The fourth-order valence-electron chi connectivity index (χ4n) is 1.71. The highest BCUT2D eigenvalue weighted by Crippen LogP contribution is 2.60. The summed E-state index contributed by atoms with van der Waals surface area (Å²) in [6.45, 7) is 0. The summed E-state index contributed by atoms with van der Waals surface area (Å²) < 4.78 is -4.52. The first-order chi connectivity index (χ1) is 7.72. The average Bonchev–Trinajstić information content (AvgIpc) is 2.12. The van der Waals surface area contributed by atoms with Crippen LogP contribution in [0.4, 0.5) is 0 Å². The van der Waals surface area contributed by atoms with Gasteiger partial charge in [-0.25, -0.2) is 0 Å². The normalized spacial score (nSPS) is 41.4. The van der Waals surface area contributed by atoms with E-state index in [1.807, 2.05) is 0 Å². The molecule has 0 saturated heterocycles. The number of hydrogen-bond donors (Lipinski definition) is 4. The molecular formula is C7H9Cl6N3O2. The van der Waals surface area contributed by atoms with Crippen LogP contribution < -0.4 is 17.2 Å². The van der Waals surface area contributed by atoms with Gasteiger partial charge in [-0.05, 0) is 0 Å². The van der Waals surface area contributed by atoms with Crippen LogP contribution in [0.1, 0.15) is 0 Å². The van der Waals surface area contributed by atoms with Crippen molar-refractivity contribution >= 4 is 75.6 Å². The molecule has 0 amide bonds. The third-order valence-corrected chi connectivity index (χ3v) is 6.52. The molecule has 3 unspecified atom stereocenters. The maximum absolute atomic E-state index is 11.2. The fourth-order valence-corrected chi connectivity index (χ4v) is 4.24. The van der Waals surface area contributed by atoms with Crippen molar-refractivity contribution in [1.29, 1.82) is 0 Å². The fraction of sp³-hybridized carbons (Fsp3) is 0.857. The summed E-state index contributed by atoms with van der Waals surface area (Å²) >= 11 is 35.4. The van der Waals surface area contributed by atoms with Crippen LogP contribution in [0.25, 0.3) is 0 Å². The average molecular weight is 380 g/mol. The van der Waals surface area contributed by atoms with E-state index in [-0.39, 0.29) is 0 Å². The Hall–Kier alpha value is 1.09. The van der Waals surface area contributed by atoms with Gasteiger partial charge in [-0.2, -0.15) is 0 Å². The minimum absolute atomic E-state index is 1.51. The minimum atomic E-state index is -2.35. The van der Waals surface area contributed by atoms with Crippen LogP contribution in [0.5, 0.6) is 0 Å². The van der Waals surface area contributed by atoms with Crippen LogP contribution in [0, 0.1) is 5.92 Å². The Morgan fingerprint density at radius 2 is 1.44 bits per heavy atom. The van der Waals surface area contributed by atoms with E-state index in [1.165, 1.54) is 0 Å². The number of aliphatic carboxylic acids is 1. The molecule has 0 aromatic heterocycles. The summed E-state index contributed by atoms with van der Waals surface area (Å²) in [5.41, 5.74) is 14.9. The van der Waals surface area contributed by atoms with Gasteiger partial charge in [-0.3, -0.25) is 4.79 Å². The lowest BCUT2D eigenvalue weighted by Crippen LogP contribution is -2.86. The Kier molecular flexibility index (Phi) is 4.33. The number of alkyl halides is 6. The van der Waals surface area contributed by atoms with E-state index in [1.54, 1.807) is 0 Å². The van der Waals surface area contributed by atoms with Crippen molar-refractivity contribution in [1.82, 2.24) is 0 Å². The van der Waals surface area contributed by atoms with E-state index in [4.69, 9.17) is 91.9 Å². The van der Waals surface area contributed by atoms with Gasteiger partial charge in [-0.15, -0.1) is 11.6 Å². The summed E-state index contributed by atoms with van der Waals surface area (Å²) in [4.78, 5) is 8.97. The Labute approximate surface area is 133 Å². The Morgan fingerprint density at radius 3 is 1.78 bits per heavy atom. The van der Waals surface area contributed by atoms with Crippen molar-refractivity contribution in [2.75, 3.05) is 0 Å². The predicted octanol–water partition coefficient (Wildman–Crippen LogP) is 1.16. The van der Waals surface area contributed by atoms with Crippen molar-refractivity contribution in [2.45, 2.75) is 24.7 Å². The van der Waals surface area contributed by atoms with Crippen molar-refractivity contribution in [3.63, 3.8) is 0 Å². The molecular weight excluding hydrogens is 371 g/mol. The van der Waals surface area contributed by atoms with Crippen molar-refractivity contribution < 1.29 is 9.90 Å². The summed E-state index contributed by atoms with van der Waals surface area (Å²) in [7, 11) is 0. The summed E-state index contributed by atoms with van der Waals surface area (Å²) in [5, 5.41) is 7.63. The number of carboxylic acids is 1. The SMILES string of the molecule is NC1(N)C(Cl)C(Cl)(Cl)C(C(=O)O)C(Cl)(Cl)C1(N)Cl. The molecule has 0 aromatic rings. The summed E-state index contributed by atoms with van der Waals surface area (Å²) in [6.07, 6.45) is 0. The van der Waals surface area contributed by atoms with E-state index < -0.39 is 36.6 Å². The van der Waals surface area contributed by atoms with E-state index in [9.17, 15) is 4.79 Å². The van der Waals surface area contributed by atoms with Gasteiger partial charge in [0.05, 0.1) is 0 Å². The topological polar surface area (TPSA) is 115 Å². The van der Waals surface area contributed by atoms with Gasteiger partial charge >= 0.3 is 5.97 Å². The van der Waals surface area contributed by atoms with Crippen molar-refractivity contribution in [2.24, 2.45) is 23.1 Å². The molecule has 0 aromatic carbocycles. The number of carboxylic acid groups (broad SMARTS) is 1. The lowest BCUT2D eigenvalue weighted by atomic mass is 9.76. The highest BCUT2D eigenvalue weighted by atomic mass is 35.5. The van der Waals surface area contributed by atoms with Gasteiger partial charge < -0.3 is 22.3 Å². The van der Waals surface area contributed by atoms with Gasteiger partial charge in [0.15, 0.2) is 13.7 Å². The van der Waals surface area contributed by atoms with Crippen molar-refractivity contribution in [3.8, 4) is 0 Å². The first-order valence-corrected chi connectivity index (χ1v) is 6.73. The van der Waals surface area contributed by atoms with Gasteiger partial charge in [0.25, 0.3) is 0 Å². The second kappa shape index (κ2) is 4.55. The van der Waals surface area contributed by atoms with Crippen LogP contribution in [0.3, 0.4) is 0 Å². The maximum atomic E-state index is 11.2. The molecule has 1 aliphatic rings. The largest absolute Gasteiger partial charge is 0.481 e. The number of rotatable bonds is 1. The summed E-state index contributed by atoms with van der Waals surface area (Å²) in [6, 6.07) is 0. The van der Waals surface area contributed by atoms with Gasteiger partial charge in [0, 0.05) is 0 Å². The van der Waals surface area contributed by atoms with Crippen LogP contribution in [-0.2, 0) is 4.79 Å².